The predicted molar refractivity (Wildman–Crippen MR) is 91.6 cm³/mol. The van der Waals surface area contributed by atoms with Gasteiger partial charge < -0.3 is 14.7 Å². The van der Waals surface area contributed by atoms with Crippen LogP contribution >= 0.6 is 0 Å². The average molecular weight is 344 g/mol. The molecular formula is C19H24N2O4. The van der Waals surface area contributed by atoms with Gasteiger partial charge in [0, 0.05) is 25.4 Å². The second kappa shape index (κ2) is 9.07. The Balaban J connectivity index is 2.28. The van der Waals surface area contributed by atoms with Crippen LogP contribution in [0.25, 0.3) is 0 Å². The molecule has 1 aliphatic rings. The highest BCUT2D eigenvalue weighted by molar-refractivity contribution is 5.81. The Morgan fingerprint density at radius 3 is 2.56 bits per heavy atom. The molecular weight excluding hydrogens is 320 g/mol. The quantitative estimate of drug-likeness (QED) is 0.801. The highest BCUT2D eigenvalue weighted by Gasteiger charge is 2.35. The number of phenols is 1. The number of para-hydroxylation sites is 1. The molecule has 0 radical (unpaired) electrons. The van der Waals surface area contributed by atoms with Crippen LogP contribution in [0.3, 0.4) is 0 Å². The molecule has 1 amide bonds. The van der Waals surface area contributed by atoms with E-state index in [0.29, 0.717) is 18.7 Å². The van der Waals surface area contributed by atoms with Crippen LogP contribution in [0.4, 0.5) is 0 Å². The smallest absolute Gasteiger partial charge is 0.323 e. The van der Waals surface area contributed by atoms with Crippen molar-refractivity contribution in [3.8, 4) is 11.8 Å². The first-order valence-corrected chi connectivity index (χ1v) is 8.70. The number of nitriles is 1. The van der Waals surface area contributed by atoms with Crippen LogP contribution in [0.5, 0.6) is 5.75 Å². The highest BCUT2D eigenvalue weighted by atomic mass is 16.5. The van der Waals surface area contributed by atoms with Crippen molar-refractivity contribution in [2.24, 2.45) is 5.92 Å². The van der Waals surface area contributed by atoms with Gasteiger partial charge in [-0.2, -0.15) is 5.26 Å². The number of amides is 1. The monoisotopic (exact) mass is 344 g/mol. The van der Waals surface area contributed by atoms with Crippen LogP contribution in [-0.2, 0) is 14.3 Å². The molecule has 6 heteroatoms. The standard InChI is InChI=1S/C19H24N2O4/c1-2-25-19(24)16(13-20)15(14-8-4-5-9-17(14)22)12-18(23)21-10-6-3-7-11-21/h4-5,8-9,15-16,22H,2-3,6-7,10-12H2,1H3. The molecule has 2 rings (SSSR count). The van der Waals surface area contributed by atoms with Gasteiger partial charge in [0.15, 0.2) is 5.92 Å². The lowest BCUT2D eigenvalue weighted by Crippen LogP contribution is -2.37. The van der Waals surface area contributed by atoms with Crippen molar-refractivity contribution in [2.45, 2.75) is 38.5 Å². The topological polar surface area (TPSA) is 90.6 Å². The van der Waals surface area contributed by atoms with Crippen molar-refractivity contribution >= 4 is 11.9 Å². The number of hydrogen-bond acceptors (Lipinski definition) is 5. The van der Waals surface area contributed by atoms with Gasteiger partial charge in [0.25, 0.3) is 0 Å². The summed E-state index contributed by atoms with van der Waals surface area (Å²) >= 11 is 0. The molecule has 25 heavy (non-hydrogen) atoms. The van der Waals surface area contributed by atoms with E-state index in [1.807, 2.05) is 6.07 Å². The van der Waals surface area contributed by atoms with E-state index < -0.39 is 17.8 Å². The fourth-order valence-electron chi connectivity index (χ4n) is 3.21. The van der Waals surface area contributed by atoms with Gasteiger partial charge in [-0.1, -0.05) is 18.2 Å². The summed E-state index contributed by atoms with van der Waals surface area (Å²) in [4.78, 5) is 26.7. The van der Waals surface area contributed by atoms with Crippen LogP contribution in [0.2, 0.25) is 0 Å². The van der Waals surface area contributed by atoms with Crippen molar-refractivity contribution in [3.05, 3.63) is 29.8 Å². The molecule has 1 heterocycles. The lowest BCUT2D eigenvalue weighted by atomic mass is 9.83. The number of esters is 1. The minimum atomic E-state index is -1.14. The molecule has 134 valence electrons. The van der Waals surface area contributed by atoms with E-state index in [0.717, 1.165) is 19.3 Å². The summed E-state index contributed by atoms with van der Waals surface area (Å²) in [5.74, 6) is -2.66. The molecule has 0 aromatic heterocycles. The van der Waals surface area contributed by atoms with Gasteiger partial charge in [-0.3, -0.25) is 9.59 Å². The zero-order valence-corrected chi connectivity index (χ0v) is 14.5. The summed E-state index contributed by atoms with van der Waals surface area (Å²) in [5, 5.41) is 19.7. The van der Waals surface area contributed by atoms with Gasteiger partial charge >= 0.3 is 5.97 Å². The third-order valence-corrected chi connectivity index (χ3v) is 4.52. The van der Waals surface area contributed by atoms with Crippen molar-refractivity contribution in [1.82, 2.24) is 4.90 Å². The van der Waals surface area contributed by atoms with E-state index in [4.69, 9.17) is 4.74 Å². The summed E-state index contributed by atoms with van der Waals surface area (Å²) in [7, 11) is 0. The van der Waals surface area contributed by atoms with Gasteiger partial charge in [-0.05, 0) is 37.8 Å². The van der Waals surface area contributed by atoms with E-state index in [2.05, 4.69) is 0 Å². The van der Waals surface area contributed by atoms with E-state index in [9.17, 15) is 20.0 Å². The largest absolute Gasteiger partial charge is 0.508 e. The molecule has 0 spiro atoms. The SMILES string of the molecule is CCOC(=O)C(C#N)C(CC(=O)N1CCCCC1)c1ccccc1O. The first kappa shape index (κ1) is 18.8. The number of hydrogen-bond donors (Lipinski definition) is 1. The first-order valence-electron chi connectivity index (χ1n) is 8.70. The van der Waals surface area contributed by atoms with Crippen LogP contribution in [0.15, 0.2) is 24.3 Å². The maximum Gasteiger partial charge on any atom is 0.323 e. The van der Waals surface area contributed by atoms with Crippen LogP contribution in [0, 0.1) is 17.2 Å². The van der Waals surface area contributed by atoms with Crippen molar-refractivity contribution in [3.63, 3.8) is 0 Å². The molecule has 0 saturated carbocycles. The minimum Gasteiger partial charge on any atom is -0.508 e. The molecule has 1 aromatic carbocycles. The zero-order valence-electron chi connectivity index (χ0n) is 14.5. The third kappa shape index (κ3) is 4.72. The zero-order chi connectivity index (χ0) is 18.2. The van der Waals surface area contributed by atoms with Gasteiger partial charge in [-0.15, -0.1) is 0 Å². The van der Waals surface area contributed by atoms with Crippen molar-refractivity contribution < 1.29 is 19.4 Å². The number of carbonyl (C=O) groups is 2. The number of phenolic OH excluding ortho intramolecular Hbond substituents is 1. The number of nitrogens with zero attached hydrogens (tertiary/aromatic N) is 2. The van der Waals surface area contributed by atoms with Crippen molar-refractivity contribution in [1.29, 1.82) is 5.26 Å². The lowest BCUT2D eigenvalue weighted by molar-refractivity contribution is -0.147. The molecule has 0 aliphatic carbocycles. The Morgan fingerprint density at radius 2 is 1.96 bits per heavy atom. The Morgan fingerprint density at radius 1 is 1.28 bits per heavy atom. The van der Waals surface area contributed by atoms with Crippen LogP contribution in [-0.4, -0.2) is 41.6 Å². The lowest BCUT2D eigenvalue weighted by Gasteiger charge is -2.29. The number of likely N-dealkylation sites (tertiary alicyclic amines) is 1. The maximum absolute atomic E-state index is 12.7. The third-order valence-electron chi connectivity index (χ3n) is 4.52. The molecule has 1 aliphatic heterocycles. The van der Waals surface area contributed by atoms with Crippen LogP contribution in [0.1, 0.15) is 44.1 Å². The van der Waals surface area contributed by atoms with Crippen molar-refractivity contribution in [2.75, 3.05) is 19.7 Å². The second-order valence-corrected chi connectivity index (χ2v) is 6.17. The van der Waals surface area contributed by atoms with Gasteiger partial charge in [0.2, 0.25) is 5.91 Å². The molecule has 1 fully saturated rings. The summed E-state index contributed by atoms with van der Waals surface area (Å²) in [6.07, 6.45) is 3.03. The summed E-state index contributed by atoms with van der Waals surface area (Å²) in [6, 6.07) is 8.48. The molecule has 2 atom stereocenters. The normalized spacial score (nSPS) is 16.6. The molecule has 1 saturated heterocycles. The Hall–Kier alpha value is -2.55. The summed E-state index contributed by atoms with van der Waals surface area (Å²) in [5.41, 5.74) is 0.424. The van der Waals surface area contributed by atoms with Gasteiger partial charge in [0.1, 0.15) is 5.75 Å². The molecule has 1 aromatic rings. The molecule has 0 bridgehead atoms. The number of aromatic hydroxyl groups is 1. The number of rotatable bonds is 6. The molecule has 1 N–H and O–H groups in total. The minimum absolute atomic E-state index is 0.00534. The highest BCUT2D eigenvalue weighted by Crippen LogP contribution is 2.35. The predicted octanol–water partition coefficient (Wildman–Crippen LogP) is 2.58. The molecule has 2 unspecified atom stereocenters. The van der Waals surface area contributed by atoms with Gasteiger partial charge in [-0.25, -0.2) is 0 Å². The van der Waals surface area contributed by atoms with Gasteiger partial charge in [0.05, 0.1) is 12.7 Å². The second-order valence-electron chi connectivity index (χ2n) is 6.17. The maximum atomic E-state index is 12.7. The number of ether oxygens (including phenoxy) is 1. The fourth-order valence-corrected chi connectivity index (χ4v) is 3.21. The van der Waals surface area contributed by atoms with E-state index in [1.54, 1.807) is 30.0 Å². The molecule has 6 nitrogen and oxygen atoms in total. The number of benzene rings is 1. The first-order chi connectivity index (χ1) is 12.1. The summed E-state index contributed by atoms with van der Waals surface area (Å²) in [6.45, 7) is 3.22. The number of piperidine rings is 1. The van der Waals surface area contributed by atoms with Crippen LogP contribution < -0.4 is 0 Å². The Bertz CT molecular complexity index is 647. The van der Waals surface area contributed by atoms with E-state index in [-0.39, 0.29) is 24.7 Å². The number of carbonyl (C=O) groups excluding carboxylic acids is 2. The van der Waals surface area contributed by atoms with E-state index >= 15 is 0 Å². The fraction of sp³-hybridized carbons (Fsp3) is 0.526. The van der Waals surface area contributed by atoms with E-state index in [1.165, 1.54) is 6.07 Å². The Labute approximate surface area is 148 Å². The average Bonchev–Trinajstić information content (AvgIpc) is 2.63. The summed E-state index contributed by atoms with van der Waals surface area (Å²) < 4.78 is 5.00. The Kier molecular flexibility index (Phi) is 6.81.